The molecule has 0 aliphatic heterocycles. The minimum Gasteiger partial charge on any atom is -0.494 e. The lowest BCUT2D eigenvalue weighted by Gasteiger charge is -2.22. The second-order valence-corrected chi connectivity index (χ2v) is 8.03. The summed E-state index contributed by atoms with van der Waals surface area (Å²) in [6.07, 6.45) is 1.05. The maximum absolute atomic E-state index is 12.4. The highest BCUT2D eigenvalue weighted by molar-refractivity contribution is 7.92. The van der Waals surface area contributed by atoms with Crippen LogP contribution in [0.3, 0.4) is 0 Å². The van der Waals surface area contributed by atoms with Gasteiger partial charge in [0.2, 0.25) is 15.9 Å². The van der Waals surface area contributed by atoms with E-state index in [0.29, 0.717) is 28.8 Å². The van der Waals surface area contributed by atoms with Crippen LogP contribution < -0.4 is 14.4 Å². The van der Waals surface area contributed by atoms with Gasteiger partial charge in [-0.3, -0.25) is 9.10 Å². The number of halogens is 1. The predicted molar refractivity (Wildman–Crippen MR) is 105 cm³/mol. The van der Waals surface area contributed by atoms with E-state index in [2.05, 4.69) is 5.32 Å². The number of nitrogens with zero attached hydrogens (tertiary/aromatic N) is 1. The average Bonchev–Trinajstić information content (AvgIpc) is 2.55. The number of sulfonamides is 1. The van der Waals surface area contributed by atoms with Crippen molar-refractivity contribution in [3.63, 3.8) is 0 Å². The molecule has 1 N–H and O–H groups in total. The Bertz CT molecular complexity index is 900. The van der Waals surface area contributed by atoms with Gasteiger partial charge >= 0.3 is 0 Å². The summed E-state index contributed by atoms with van der Waals surface area (Å²) in [5.74, 6) is 0.0570. The molecule has 0 saturated carbocycles. The largest absolute Gasteiger partial charge is 0.494 e. The summed E-state index contributed by atoms with van der Waals surface area (Å²) in [5, 5.41) is 3.18. The van der Waals surface area contributed by atoms with Gasteiger partial charge in [-0.1, -0.05) is 23.7 Å². The van der Waals surface area contributed by atoms with Crippen LogP contribution in [0.5, 0.6) is 5.75 Å². The van der Waals surface area contributed by atoms with Crippen molar-refractivity contribution in [3.05, 3.63) is 53.1 Å². The van der Waals surface area contributed by atoms with Crippen LogP contribution in [-0.4, -0.2) is 33.7 Å². The summed E-state index contributed by atoms with van der Waals surface area (Å²) < 4.78 is 30.8. The number of nitrogens with one attached hydrogen (secondary N) is 1. The Labute approximate surface area is 158 Å². The van der Waals surface area contributed by atoms with Crippen LogP contribution in [0.1, 0.15) is 12.5 Å². The van der Waals surface area contributed by atoms with Crippen LogP contribution in [0.25, 0.3) is 0 Å². The molecule has 0 saturated heterocycles. The van der Waals surface area contributed by atoms with Gasteiger partial charge in [-0.2, -0.15) is 0 Å². The standard InChI is InChI=1S/C18H21ClN2O4S/c1-4-25-16-7-5-6-15(11-16)21(26(3,23)24)12-18(22)20-14-9-8-13(2)17(19)10-14/h5-11H,4,12H2,1-3H3,(H,20,22). The van der Waals surface area contributed by atoms with Gasteiger partial charge in [-0.05, 0) is 43.7 Å². The molecule has 0 heterocycles. The molecule has 0 aromatic heterocycles. The molecule has 26 heavy (non-hydrogen) atoms. The van der Waals surface area contributed by atoms with Crippen LogP contribution in [0.15, 0.2) is 42.5 Å². The quantitative estimate of drug-likeness (QED) is 0.777. The molecule has 2 aromatic carbocycles. The van der Waals surface area contributed by atoms with Crippen molar-refractivity contribution in [3.8, 4) is 5.75 Å². The number of carbonyl (C=O) groups is 1. The number of amides is 1. The molecule has 2 rings (SSSR count). The van der Waals surface area contributed by atoms with E-state index in [-0.39, 0.29) is 6.54 Å². The third-order valence-electron chi connectivity index (χ3n) is 3.56. The van der Waals surface area contributed by atoms with Gasteiger partial charge in [0, 0.05) is 16.8 Å². The van der Waals surface area contributed by atoms with Crippen LogP contribution >= 0.6 is 11.6 Å². The molecule has 6 nitrogen and oxygen atoms in total. The molecule has 0 atom stereocenters. The number of aryl methyl sites for hydroxylation is 1. The van der Waals surface area contributed by atoms with Crippen molar-refractivity contribution in [2.45, 2.75) is 13.8 Å². The van der Waals surface area contributed by atoms with Crippen molar-refractivity contribution in [1.29, 1.82) is 0 Å². The zero-order valence-electron chi connectivity index (χ0n) is 14.8. The number of rotatable bonds is 7. The molecule has 0 bridgehead atoms. The first-order valence-corrected chi connectivity index (χ1v) is 10.2. The second kappa shape index (κ2) is 8.42. The highest BCUT2D eigenvalue weighted by Gasteiger charge is 2.21. The van der Waals surface area contributed by atoms with Crippen molar-refractivity contribution in [2.75, 3.05) is 29.0 Å². The van der Waals surface area contributed by atoms with Crippen LogP contribution in [0.2, 0.25) is 5.02 Å². The zero-order chi connectivity index (χ0) is 19.3. The first kappa shape index (κ1) is 20.1. The molecule has 1 amide bonds. The summed E-state index contributed by atoms with van der Waals surface area (Å²) >= 11 is 6.05. The van der Waals surface area contributed by atoms with Crippen LogP contribution in [-0.2, 0) is 14.8 Å². The molecule has 0 unspecified atom stereocenters. The van der Waals surface area contributed by atoms with E-state index in [1.165, 1.54) is 0 Å². The summed E-state index contributed by atoms with van der Waals surface area (Å²) in [7, 11) is -3.66. The SMILES string of the molecule is CCOc1cccc(N(CC(=O)Nc2ccc(C)c(Cl)c2)S(C)(=O)=O)c1. The monoisotopic (exact) mass is 396 g/mol. The number of carbonyl (C=O) groups excluding carboxylic acids is 1. The highest BCUT2D eigenvalue weighted by atomic mass is 35.5. The first-order chi connectivity index (χ1) is 12.2. The van der Waals surface area contributed by atoms with Crippen molar-refractivity contribution < 1.29 is 17.9 Å². The van der Waals surface area contributed by atoms with Gasteiger partial charge in [0.05, 0.1) is 18.6 Å². The molecular formula is C18H21ClN2O4S. The summed E-state index contributed by atoms with van der Waals surface area (Å²) in [6, 6.07) is 11.7. The normalized spacial score (nSPS) is 11.1. The maximum Gasteiger partial charge on any atom is 0.245 e. The third kappa shape index (κ3) is 5.37. The summed E-state index contributed by atoms with van der Waals surface area (Å²) in [4.78, 5) is 12.4. The maximum atomic E-state index is 12.4. The van der Waals surface area contributed by atoms with Crippen LogP contribution in [0, 0.1) is 6.92 Å². The summed E-state index contributed by atoms with van der Waals surface area (Å²) in [6.45, 7) is 3.78. The fourth-order valence-corrected chi connectivity index (χ4v) is 3.33. The van der Waals surface area contributed by atoms with E-state index < -0.39 is 15.9 Å². The van der Waals surface area contributed by atoms with Gasteiger partial charge in [-0.25, -0.2) is 8.42 Å². The Hall–Kier alpha value is -2.25. The first-order valence-electron chi connectivity index (χ1n) is 7.97. The smallest absolute Gasteiger partial charge is 0.245 e. The van der Waals surface area contributed by atoms with E-state index in [1.807, 2.05) is 13.8 Å². The molecule has 0 spiro atoms. The van der Waals surface area contributed by atoms with E-state index >= 15 is 0 Å². The van der Waals surface area contributed by atoms with Gasteiger partial charge in [-0.15, -0.1) is 0 Å². The highest BCUT2D eigenvalue weighted by Crippen LogP contribution is 2.24. The van der Waals surface area contributed by atoms with E-state index in [0.717, 1.165) is 16.1 Å². The molecular weight excluding hydrogens is 376 g/mol. The third-order valence-corrected chi connectivity index (χ3v) is 5.11. The van der Waals surface area contributed by atoms with Crippen molar-refractivity contribution in [2.24, 2.45) is 0 Å². The molecule has 0 aliphatic rings. The van der Waals surface area contributed by atoms with Crippen molar-refractivity contribution >= 4 is 38.9 Å². The van der Waals surface area contributed by atoms with Crippen molar-refractivity contribution in [1.82, 2.24) is 0 Å². The fraction of sp³-hybridized carbons (Fsp3) is 0.278. The van der Waals surface area contributed by atoms with Gasteiger partial charge < -0.3 is 10.1 Å². The fourth-order valence-electron chi connectivity index (χ4n) is 2.30. The number of hydrogen-bond donors (Lipinski definition) is 1. The van der Waals surface area contributed by atoms with Gasteiger partial charge in [0.25, 0.3) is 0 Å². The minimum atomic E-state index is -3.66. The van der Waals surface area contributed by atoms with E-state index in [4.69, 9.17) is 16.3 Å². The van der Waals surface area contributed by atoms with Gasteiger partial charge in [0.15, 0.2) is 0 Å². The molecule has 0 aliphatic carbocycles. The zero-order valence-corrected chi connectivity index (χ0v) is 16.4. The Morgan fingerprint density at radius 3 is 2.58 bits per heavy atom. The minimum absolute atomic E-state index is 0.357. The Morgan fingerprint density at radius 1 is 1.23 bits per heavy atom. The molecule has 2 aromatic rings. The summed E-state index contributed by atoms with van der Waals surface area (Å²) in [5.41, 5.74) is 1.74. The average molecular weight is 397 g/mol. The van der Waals surface area contributed by atoms with E-state index in [1.54, 1.807) is 42.5 Å². The Kier molecular flexibility index (Phi) is 6.50. The lowest BCUT2D eigenvalue weighted by Crippen LogP contribution is -2.37. The molecule has 0 radical (unpaired) electrons. The molecule has 0 fully saturated rings. The van der Waals surface area contributed by atoms with Crippen LogP contribution in [0.4, 0.5) is 11.4 Å². The molecule has 140 valence electrons. The topological polar surface area (TPSA) is 75.7 Å². The van der Waals surface area contributed by atoms with Gasteiger partial charge in [0.1, 0.15) is 12.3 Å². The van der Waals surface area contributed by atoms with E-state index in [9.17, 15) is 13.2 Å². The Morgan fingerprint density at radius 2 is 1.96 bits per heavy atom. The Balaban J connectivity index is 2.21. The number of ether oxygens (including phenoxy) is 1. The number of hydrogen-bond acceptors (Lipinski definition) is 4. The number of benzene rings is 2. The second-order valence-electron chi connectivity index (χ2n) is 5.71. The molecule has 8 heteroatoms. The number of anilines is 2. The predicted octanol–water partition coefficient (Wildman–Crippen LogP) is 3.45. The lowest BCUT2D eigenvalue weighted by atomic mass is 10.2. The lowest BCUT2D eigenvalue weighted by molar-refractivity contribution is -0.114.